The van der Waals surface area contributed by atoms with Crippen molar-refractivity contribution in [3.63, 3.8) is 0 Å². The van der Waals surface area contributed by atoms with Crippen molar-refractivity contribution in [3.05, 3.63) is 35.4 Å². The molecule has 0 fully saturated rings. The van der Waals surface area contributed by atoms with E-state index >= 15 is 0 Å². The Labute approximate surface area is 119 Å². The van der Waals surface area contributed by atoms with Gasteiger partial charge in [-0.25, -0.2) is 0 Å². The van der Waals surface area contributed by atoms with Crippen molar-refractivity contribution in [2.24, 2.45) is 0 Å². The molecule has 0 aromatic heterocycles. The molecular weight excluding hydrogens is 263 g/mol. The van der Waals surface area contributed by atoms with Crippen LogP contribution in [0.5, 0.6) is 0 Å². The lowest BCUT2D eigenvalue weighted by Gasteiger charge is -2.28. The van der Waals surface area contributed by atoms with Crippen LogP contribution < -0.4 is 5.32 Å². The van der Waals surface area contributed by atoms with Crippen LogP contribution in [-0.2, 0) is 11.6 Å². The van der Waals surface area contributed by atoms with Gasteiger partial charge in [0.05, 0.1) is 5.56 Å². The molecule has 1 nitrogen and oxygen atoms in total. The topological polar surface area (TPSA) is 12.0 Å². The highest BCUT2D eigenvalue weighted by Crippen LogP contribution is 2.32. The van der Waals surface area contributed by atoms with E-state index in [0.717, 1.165) is 30.7 Å². The fourth-order valence-corrected chi connectivity index (χ4v) is 2.00. The number of nitrogens with one attached hydrogen (secondary N) is 1. The third kappa shape index (κ3) is 5.16. The normalized spacial score (nSPS) is 13.6. The zero-order valence-electron chi connectivity index (χ0n) is 12.9. The second-order valence-corrected chi connectivity index (χ2v) is 6.89. The Morgan fingerprint density at radius 1 is 0.850 bits per heavy atom. The molecule has 1 N–H and O–H groups in total. The minimum absolute atomic E-state index is 0.0518. The summed E-state index contributed by atoms with van der Waals surface area (Å²) in [7, 11) is 0. The van der Waals surface area contributed by atoms with Gasteiger partial charge in [-0.3, -0.25) is 0 Å². The van der Waals surface area contributed by atoms with Crippen LogP contribution in [0.4, 0.5) is 13.2 Å². The molecule has 0 saturated heterocycles. The molecule has 0 aliphatic rings. The standard InChI is InChI=1S/C16H24F3N/c1-14(2,3)20-11-10-15(4,5)12-6-8-13(9-7-12)16(17,18)19/h6-9,20H,10-11H2,1-5H3. The Morgan fingerprint density at radius 3 is 1.70 bits per heavy atom. The third-order valence-corrected chi connectivity index (χ3v) is 3.40. The molecule has 0 unspecified atom stereocenters. The first kappa shape index (κ1) is 17.0. The molecule has 0 amide bonds. The molecule has 0 radical (unpaired) electrons. The molecule has 0 heterocycles. The van der Waals surface area contributed by atoms with E-state index in [9.17, 15) is 13.2 Å². The second kappa shape index (κ2) is 5.76. The molecule has 20 heavy (non-hydrogen) atoms. The second-order valence-electron chi connectivity index (χ2n) is 6.89. The number of hydrogen-bond donors (Lipinski definition) is 1. The van der Waals surface area contributed by atoms with Gasteiger partial charge in [0.15, 0.2) is 0 Å². The highest BCUT2D eigenvalue weighted by atomic mass is 19.4. The average molecular weight is 287 g/mol. The van der Waals surface area contributed by atoms with Gasteiger partial charge in [0.2, 0.25) is 0 Å². The molecule has 1 rings (SSSR count). The Bertz CT molecular complexity index is 425. The fraction of sp³-hybridized carbons (Fsp3) is 0.625. The molecule has 0 aliphatic heterocycles. The molecule has 1 aromatic carbocycles. The first-order valence-corrected chi connectivity index (χ1v) is 6.85. The van der Waals surface area contributed by atoms with Crippen molar-refractivity contribution in [1.82, 2.24) is 5.32 Å². The zero-order chi connectivity index (χ0) is 15.6. The smallest absolute Gasteiger partial charge is 0.312 e. The Kier molecular flexibility index (Phi) is 4.90. The summed E-state index contributed by atoms with van der Waals surface area (Å²) in [6.07, 6.45) is -3.40. The first-order chi connectivity index (χ1) is 8.92. The Hall–Kier alpha value is -1.03. The summed E-state index contributed by atoms with van der Waals surface area (Å²) >= 11 is 0. The number of hydrogen-bond acceptors (Lipinski definition) is 1. The monoisotopic (exact) mass is 287 g/mol. The van der Waals surface area contributed by atoms with Crippen molar-refractivity contribution in [2.45, 2.75) is 58.2 Å². The van der Waals surface area contributed by atoms with Crippen molar-refractivity contribution in [1.29, 1.82) is 0 Å². The van der Waals surface area contributed by atoms with Gasteiger partial charge in [-0.2, -0.15) is 13.2 Å². The van der Waals surface area contributed by atoms with Crippen LogP contribution in [0.15, 0.2) is 24.3 Å². The number of rotatable bonds is 4. The molecular formula is C16H24F3N. The molecule has 0 aliphatic carbocycles. The van der Waals surface area contributed by atoms with E-state index in [4.69, 9.17) is 0 Å². The fourth-order valence-electron chi connectivity index (χ4n) is 2.00. The van der Waals surface area contributed by atoms with Crippen molar-refractivity contribution >= 4 is 0 Å². The van der Waals surface area contributed by atoms with Crippen molar-refractivity contribution < 1.29 is 13.2 Å². The summed E-state index contributed by atoms with van der Waals surface area (Å²) in [5.74, 6) is 0. The minimum atomic E-state index is -4.27. The van der Waals surface area contributed by atoms with Crippen LogP contribution in [0.2, 0.25) is 0 Å². The number of halogens is 3. The van der Waals surface area contributed by atoms with Crippen LogP contribution in [-0.4, -0.2) is 12.1 Å². The largest absolute Gasteiger partial charge is 0.416 e. The van der Waals surface area contributed by atoms with Gasteiger partial charge < -0.3 is 5.32 Å². The van der Waals surface area contributed by atoms with Gasteiger partial charge in [-0.1, -0.05) is 26.0 Å². The van der Waals surface area contributed by atoms with Gasteiger partial charge in [-0.05, 0) is 56.8 Å². The maximum Gasteiger partial charge on any atom is 0.416 e. The lowest BCUT2D eigenvalue weighted by molar-refractivity contribution is -0.137. The summed E-state index contributed by atoms with van der Waals surface area (Å²) in [6.45, 7) is 11.2. The minimum Gasteiger partial charge on any atom is -0.312 e. The van der Waals surface area contributed by atoms with E-state index in [1.807, 2.05) is 0 Å². The predicted octanol–water partition coefficient (Wildman–Crippen LogP) is 4.76. The van der Waals surface area contributed by atoms with Crippen LogP contribution in [0, 0.1) is 0 Å². The van der Waals surface area contributed by atoms with Gasteiger partial charge in [0.25, 0.3) is 0 Å². The molecule has 0 atom stereocenters. The quantitative estimate of drug-likeness (QED) is 0.841. The van der Waals surface area contributed by atoms with E-state index in [0.29, 0.717) is 0 Å². The van der Waals surface area contributed by atoms with Crippen LogP contribution in [0.1, 0.15) is 52.2 Å². The lowest BCUT2D eigenvalue weighted by atomic mass is 9.81. The van der Waals surface area contributed by atoms with Crippen molar-refractivity contribution in [2.75, 3.05) is 6.54 Å². The maximum atomic E-state index is 12.5. The maximum absolute atomic E-state index is 12.5. The predicted molar refractivity (Wildman–Crippen MR) is 76.8 cm³/mol. The van der Waals surface area contributed by atoms with E-state index in [-0.39, 0.29) is 11.0 Å². The summed E-state index contributed by atoms with van der Waals surface area (Å²) in [5, 5.41) is 3.40. The van der Waals surface area contributed by atoms with Gasteiger partial charge in [0.1, 0.15) is 0 Å². The first-order valence-electron chi connectivity index (χ1n) is 6.85. The van der Waals surface area contributed by atoms with Crippen LogP contribution >= 0.6 is 0 Å². The molecule has 0 spiro atoms. The highest BCUT2D eigenvalue weighted by molar-refractivity contribution is 5.29. The Balaban J connectivity index is 2.73. The Morgan fingerprint density at radius 2 is 1.30 bits per heavy atom. The lowest BCUT2D eigenvalue weighted by Crippen LogP contribution is -2.38. The molecule has 0 saturated carbocycles. The summed E-state index contributed by atoms with van der Waals surface area (Å²) < 4.78 is 37.6. The highest BCUT2D eigenvalue weighted by Gasteiger charge is 2.31. The van der Waals surface area contributed by atoms with Crippen LogP contribution in [0.25, 0.3) is 0 Å². The molecule has 0 bridgehead atoms. The van der Waals surface area contributed by atoms with E-state index < -0.39 is 11.7 Å². The van der Waals surface area contributed by atoms with Crippen LogP contribution in [0.3, 0.4) is 0 Å². The third-order valence-electron chi connectivity index (χ3n) is 3.40. The summed E-state index contributed by atoms with van der Waals surface area (Å²) in [5.41, 5.74) is 0.240. The van der Waals surface area contributed by atoms with E-state index in [2.05, 4.69) is 39.9 Å². The molecule has 114 valence electrons. The van der Waals surface area contributed by atoms with E-state index in [1.54, 1.807) is 12.1 Å². The van der Waals surface area contributed by atoms with Gasteiger partial charge in [0, 0.05) is 5.54 Å². The van der Waals surface area contributed by atoms with Gasteiger partial charge >= 0.3 is 6.18 Å². The number of benzene rings is 1. The molecule has 1 aromatic rings. The summed E-state index contributed by atoms with van der Waals surface area (Å²) in [6, 6.07) is 5.49. The van der Waals surface area contributed by atoms with Gasteiger partial charge in [-0.15, -0.1) is 0 Å². The van der Waals surface area contributed by atoms with Crippen molar-refractivity contribution in [3.8, 4) is 0 Å². The average Bonchev–Trinajstić information content (AvgIpc) is 2.26. The zero-order valence-corrected chi connectivity index (χ0v) is 12.9. The molecule has 4 heteroatoms. The summed E-state index contributed by atoms with van der Waals surface area (Å²) in [4.78, 5) is 0. The SMILES string of the molecule is CC(C)(C)NCCC(C)(C)c1ccc(C(F)(F)F)cc1. The van der Waals surface area contributed by atoms with E-state index in [1.165, 1.54) is 0 Å². The number of alkyl halides is 3.